The molecule has 2 aliphatic heterocycles. The number of ether oxygens (including phenoxy) is 2. The van der Waals surface area contributed by atoms with Gasteiger partial charge in [-0.2, -0.15) is 0 Å². The molecule has 2 aromatic rings. The van der Waals surface area contributed by atoms with E-state index in [1.54, 1.807) is 13.0 Å². The minimum atomic E-state index is -0.497. The molecule has 0 aromatic heterocycles. The van der Waals surface area contributed by atoms with Crippen molar-refractivity contribution in [2.24, 2.45) is 0 Å². The standard InChI is InChI=1S/C18H16N2O4/c1-10-17(21)20-14-8-11(3-5-15(14)24-10)12-2-4-13-16(9-12)23-7-6-19-18(13)22/h2-5,8-10H,6-7H2,1H3,(H,19,22)(H,20,21). The fourth-order valence-electron chi connectivity index (χ4n) is 2.82. The van der Waals surface area contributed by atoms with Crippen LogP contribution in [0.25, 0.3) is 11.1 Å². The molecule has 0 saturated heterocycles. The second kappa shape index (κ2) is 5.56. The van der Waals surface area contributed by atoms with Gasteiger partial charge in [-0.1, -0.05) is 12.1 Å². The van der Waals surface area contributed by atoms with Gasteiger partial charge in [0, 0.05) is 0 Å². The quantitative estimate of drug-likeness (QED) is 0.843. The third-order valence-electron chi connectivity index (χ3n) is 4.12. The smallest absolute Gasteiger partial charge is 0.265 e. The van der Waals surface area contributed by atoms with Crippen molar-refractivity contribution in [1.82, 2.24) is 5.32 Å². The summed E-state index contributed by atoms with van der Waals surface area (Å²) in [6.45, 7) is 2.64. The molecule has 2 aromatic carbocycles. The Labute approximate surface area is 138 Å². The maximum atomic E-state index is 12.0. The van der Waals surface area contributed by atoms with E-state index in [1.165, 1.54) is 0 Å². The second-order valence-electron chi connectivity index (χ2n) is 5.78. The van der Waals surface area contributed by atoms with E-state index in [-0.39, 0.29) is 11.8 Å². The Morgan fingerprint density at radius 1 is 1.04 bits per heavy atom. The lowest BCUT2D eigenvalue weighted by molar-refractivity contribution is -0.122. The second-order valence-corrected chi connectivity index (χ2v) is 5.78. The Balaban J connectivity index is 1.72. The highest BCUT2D eigenvalue weighted by atomic mass is 16.5. The number of nitrogens with one attached hydrogen (secondary N) is 2. The number of anilines is 1. The molecular formula is C18H16N2O4. The fourth-order valence-corrected chi connectivity index (χ4v) is 2.82. The highest BCUT2D eigenvalue weighted by molar-refractivity contribution is 5.99. The van der Waals surface area contributed by atoms with E-state index < -0.39 is 6.10 Å². The Hall–Kier alpha value is -3.02. The van der Waals surface area contributed by atoms with E-state index in [4.69, 9.17) is 9.47 Å². The minimum Gasteiger partial charge on any atom is -0.491 e. The number of amides is 2. The molecule has 1 unspecified atom stereocenters. The van der Waals surface area contributed by atoms with Crippen molar-refractivity contribution in [1.29, 1.82) is 0 Å². The van der Waals surface area contributed by atoms with Gasteiger partial charge in [-0.05, 0) is 42.3 Å². The Kier molecular flexibility index (Phi) is 3.37. The van der Waals surface area contributed by atoms with Crippen molar-refractivity contribution in [3.8, 4) is 22.6 Å². The first kappa shape index (κ1) is 14.6. The molecule has 24 heavy (non-hydrogen) atoms. The molecular weight excluding hydrogens is 308 g/mol. The van der Waals surface area contributed by atoms with E-state index >= 15 is 0 Å². The molecule has 122 valence electrons. The number of fused-ring (bicyclic) bond motifs is 2. The average molecular weight is 324 g/mol. The van der Waals surface area contributed by atoms with Crippen molar-refractivity contribution < 1.29 is 19.1 Å². The van der Waals surface area contributed by atoms with E-state index in [9.17, 15) is 9.59 Å². The summed E-state index contributed by atoms with van der Waals surface area (Å²) in [5, 5.41) is 5.62. The molecule has 0 radical (unpaired) electrons. The van der Waals surface area contributed by atoms with Gasteiger partial charge in [0.15, 0.2) is 6.10 Å². The normalized spacial score (nSPS) is 19.0. The summed E-state index contributed by atoms with van der Waals surface area (Å²) >= 11 is 0. The largest absolute Gasteiger partial charge is 0.491 e. The summed E-state index contributed by atoms with van der Waals surface area (Å²) in [7, 11) is 0. The predicted octanol–water partition coefficient (Wildman–Crippen LogP) is 2.20. The van der Waals surface area contributed by atoms with Crippen LogP contribution in [-0.2, 0) is 4.79 Å². The number of hydrogen-bond acceptors (Lipinski definition) is 4. The lowest BCUT2D eigenvalue weighted by Crippen LogP contribution is -2.34. The van der Waals surface area contributed by atoms with Gasteiger partial charge in [0.25, 0.3) is 11.8 Å². The van der Waals surface area contributed by atoms with Gasteiger partial charge >= 0.3 is 0 Å². The molecule has 0 fully saturated rings. The maximum Gasteiger partial charge on any atom is 0.265 e. The highest BCUT2D eigenvalue weighted by Gasteiger charge is 2.24. The zero-order valence-corrected chi connectivity index (χ0v) is 13.1. The van der Waals surface area contributed by atoms with Crippen LogP contribution in [0.1, 0.15) is 17.3 Å². The fraction of sp³-hybridized carbons (Fsp3) is 0.222. The summed E-state index contributed by atoms with van der Waals surface area (Å²) < 4.78 is 11.2. The topological polar surface area (TPSA) is 76.7 Å². The maximum absolute atomic E-state index is 12.0. The van der Waals surface area contributed by atoms with Gasteiger partial charge in [0.2, 0.25) is 0 Å². The van der Waals surface area contributed by atoms with Gasteiger partial charge in [-0.25, -0.2) is 0 Å². The lowest BCUT2D eigenvalue weighted by atomic mass is 10.0. The SMILES string of the molecule is CC1Oc2ccc(-c3ccc4c(c3)OCCNC4=O)cc2NC1=O. The van der Waals surface area contributed by atoms with Crippen molar-refractivity contribution in [2.45, 2.75) is 13.0 Å². The van der Waals surface area contributed by atoms with Gasteiger partial charge in [0.1, 0.15) is 18.1 Å². The predicted molar refractivity (Wildman–Crippen MR) is 88.4 cm³/mol. The average Bonchev–Trinajstić information content (AvgIpc) is 2.77. The van der Waals surface area contributed by atoms with E-state index in [0.717, 1.165) is 11.1 Å². The van der Waals surface area contributed by atoms with Crippen LogP contribution in [0.4, 0.5) is 5.69 Å². The molecule has 0 aliphatic carbocycles. The molecule has 2 heterocycles. The van der Waals surface area contributed by atoms with Crippen molar-refractivity contribution >= 4 is 17.5 Å². The molecule has 6 nitrogen and oxygen atoms in total. The number of benzene rings is 2. The number of hydrogen-bond donors (Lipinski definition) is 2. The number of carbonyl (C=O) groups excluding carboxylic acids is 2. The van der Waals surface area contributed by atoms with Crippen LogP contribution in [0.15, 0.2) is 36.4 Å². The summed E-state index contributed by atoms with van der Waals surface area (Å²) in [6, 6.07) is 11.1. The zero-order chi connectivity index (χ0) is 16.7. The van der Waals surface area contributed by atoms with Crippen molar-refractivity contribution in [3.05, 3.63) is 42.0 Å². The van der Waals surface area contributed by atoms with Crippen LogP contribution in [0.2, 0.25) is 0 Å². The first-order valence-corrected chi connectivity index (χ1v) is 7.79. The van der Waals surface area contributed by atoms with Crippen molar-refractivity contribution in [2.75, 3.05) is 18.5 Å². The molecule has 2 amide bonds. The molecule has 4 rings (SSSR count). The Morgan fingerprint density at radius 3 is 2.71 bits per heavy atom. The van der Waals surface area contributed by atoms with Gasteiger partial charge < -0.3 is 20.1 Å². The van der Waals surface area contributed by atoms with Gasteiger partial charge in [-0.3, -0.25) is 9.59 Å². The van der Waals surface area contributed by atoms with Crippen LogP contribution in [0.3, 0.4) is 0 Å². The van der Waals surface area contributed by atoms with E-state index in [2.05, 4.69) is 10.6 Å². The van der Waals surface area contributed by atoms with Crippen molar-refractivity contribution in [3.63, 3.8) is 0 Å². The lowest BCUT2D eigenvalue weighted by Gasteiger charge is -2.23. The Morgan fingerprint density at radius 2 is 1.83 bits per heavy atom. The molecule has 0 saturated carbocycles. The third kappa shape index (κ3) is 2.46. The Bertz CT molecular complexity index is 847. The molecule has 2 aliphatic rings. The summed E-state index contributed by atoms with van der Waals surface area (Å²) in [5.74, 6) is 0.918. The van der Waals surface area contributed by atoms with Crippen LogP contribution < -0.4 is 20.1 Å². The monoisotopic (exact) mass is 324 g/mol. The van der Waals surface area contributed by atoms with E-state index in [1.807, 2.05) is 30.3 Å². The number of carbonyl (C=O) groups is 2. The van der Waals surface area contributed by atoms with E-state index in [0.29, 0.717) is 35.9 Å². The molecule has 0 bridgehead atoms. The minimum absolute atomic E-state index is 0.130. The molecule has 2 N–H and O–H groups in total. The first-order valence-electron chi connectivity index (χ1n) is 7.79. The zero-order valence-electron chi connectivity index (χ0n) is 13.1. The summed E-state index contributed by atoms with van der Waals surface area (Å²) in [4.78, 5) is 23.7. The highest BCUT2D eigenvalue weighted by Crippen LogP contribution is 2.35. The molecule has 6 heteroatoms. The van der Waals surface area contributed by atoms with Gasteiger partial charge in [-0.15, -0.1) is 0 Å². The summed E-state index contributed by atoms with van der Waals surface area (Å²) in [6.07, 6.45) is -0.497. The third-order valence-corrected chi connectivity index (χ3v) is 4.12. The van der Waals surface area contributed by atoms with Crippen LogP contribution in [0, 0.1) is 0 Å². The van der Waals surface area contributed by atoms with Crippen LogP contribution >= 0.6 is 0 Å². The summed E-state index contributed by atoms with van der Waals surface area (Å²) in [5.41, 5.74) is 2.98. The van der Waals surface area contributed by atoms with Crippen LogP contribution in [-0.4, -0.2) is 31.1 Å². The van der Waals surface area contributed by atoms with Gasteiger partial charge in [0.05, 0.1) is 17.8 Å². The first-order chi connectivity index (χ1) is 11.6. The number of rotatable bonds is 1. The molecule has 1 atom stereocenters. The van der Waals surface area contributed by atoms with Crippen LogP contribution in [0.5, 0.6) is 11.5 Å². The molecule has 0 spiro atoms.